The van der Waals surface area contributed by atoms with Crippen LogP contribution in [0, 0.1) is 11.3 Å². The molecule has 0 aliphatic heterocycles. The SMILES string of the molecule is CC1(C)C[C@@H]1C(=O)N/C(=C\CCCCSC[C@H](N)C(=O)O)C(=O)[O-].[NH4+]. The van der Waals surface area contributed by atoms with Crippen molar-refractivity contribution >= 4 is 29.6 Å². The van der Waals surface area contributed by atoms with Crippen molar-refractivity contribution in [2.75, 3.05) is 11.5 Å². The van der Waals surface area contributed by atoms with Crippen molar-refractivity contribution in [1.82, 2.24) is 11.5 Å². The summed E-state index contributed by atoms with van der Waals surface area (Å²) >= 11 is 1.45. The fourth-order valence-corrected chi connectivity index (χ4v) is 3.17. The van der Waals surface area contributed by atoms with Crippen LogP contribution in [0.15, 0.2) is 11.8 Å². The normalized spacial score (nSPS) is 19.5. The van der Waals surface area contributed by atoms with Crippen LogP contribution in [0.1, 0.15) is 39.5 Å². The van der Waals surface area contributed by atoms with Crippen LogP contribution in [0.4, 0.5) is 0 Å². The molecular formula is C16H29N3O5S. The van der Waals surface area contributed by atoms with E-state index in [1.807, 2.05) is 13.8 Å². The summed E-state index contributed by atoms with van der Waals surface area (Å²) in [5, 5.41) is 22.2. The van der Waals surface area contributed by atoms with Gasteiger partial charge in [-0.2, -0.15) is 11.8 Å². The van der Waals surface area contributed by atoms with Gasteiger partial charge in [0.2, 0.25) is 5.91 Å². The Labute approximate surface area is 152 Å². The second-order valence-corrected chi connectivity index (χ2v) is 7.81. The Hall–Kier alpha value is -1.58. The van der Waals surface area contributed by atoms with Gasteiger partial charge in [-0.3, -0.25) is 9.59 Å². The number of carboxylic acid groups (broad SMARTS) is 2. The van der Waals surface area contributed by atoms with Gasteiger partial charge in [-0.15, -0.1) is 0 Å². The molecule has 25 heavy (non-hydrogen) atoms. The van der Waals surface area contributed by atoms with Crippen LogP contribution in [0.25, 0.3) is 0 Å². The lowest BCUT2D eigenvalue weighted by Gasteiger charge is -2.12. The molecule has 0 aromatic rings. The number of nitrogens with one attached hydrogen (secondary N) is 1. The molecule has 1 rings (SSSR count). The average Bonchev–Trinajstić information content (AvgIpc) is 3.13. The molecular weight excluding hydrogens is 346 g/mol. The van der Waals surface area contributed by atoms with Crippen molar-refractivity contribution in [2.45, 2.75) is 45.6 Å². The quantitative estimate of drug-likeness (QED) is 0.300. The maximum atomic E-state index is 11.9. The van der Waals surface area contributed by atoms with Crippen molar-refractivity contribution in [3.63, 3.8) is 0 Å². The van der Waals surface area contributed by atoms with Gasteiger partial charge in [0.05, 0.1) is 11.7 Å². The first-order chi connectivity index (χ1) is 11.1. The third kappa shape index (κ3) is 8.37. The molecule has 0 bridgehead atoms. The highest BCUT2D eigenvalue weighted by molar-refractivity contribution is 7.99. The van der Waals surface area contributed by atoms with Gasteiger partial charge in [-0.1, -0.05) is 19.9 Å². The first-order valence-corrected chi connectivity index (χ1v) is 9.09. The zero-order valence-corrected chi connectivity index (χ0v) is 15.9. The molecule has 1 aliphatic carbocycles. The minimum absolute atomic E-state index is 0. The maximum Gasteiger partial charge on any atom is 0.321 e. The predicted molar refractivity (Wildman–Crippen MR) is 95.9 cm³/mol. The highest BCUT2D eigenvalue weighted by atomic mass is 32.2. The Balaban J connectivity index is 0.00000576. The molecule has 0 spiro atoms. The number of thioether (sulfide) groups is 1. The molecule has 0 heterocycles. The predicted octanol–water partition coefficient (Wildman–Crippen LogP) is 0.474. The molecule has 8 N–H and O–H groups in total. The minimum Gasteiger partial charge on any atom is -0.543 e. The zero-order chi connectivity index (χ0) is 18.3. The van der Waals surface area contributed by atoms with Gasteiger partial charge in [0.15, 0.2) is 0 Å². The summed E-state index contributed by atoms with van der Waals surface area (Å²) in [7, 11) is 0. The first-order valence-electron chi connectivity index (χ1n) is 7.93. The number of rotatable bonds is 11. The van der Waals surface area contributed by atoms with Crippen molar-refractivity contribution in [1.29, 1.82) is 0 Å². The number of aliphatic carboxylic acids is 2. The van der Waals surface area contributed by atoms with Gasteiger partial charge in [0.1, 0.15) is 6.04 Å². The number of unbranched alkanes of at least 4 members (excludes halogenated alkanes) is 2. The van der Waals surface area contributed by atoms with E-state index >= 15 is 0 Å². The van der Waals surface area contributed by atoms with E-state index in [1.54, 1.807) is 0 Å². The second-order valence-electron chi connectivity index (χ2n) is 6.66. The van der Waals surface area contributed by atoms with Crippen molar-refractivity contribution < 1.29 is 24.6 Å². The van der Waals surface area contributed by atoms with Crippen molar-refractivity contribution in [2.24, 2.45) is 17.1 Å². The first kappa shape index (κ1) is 23.4. The van der Waals surface area contributed by atoms with Crippen LogP contribution < -0.4 is 22.3 Å². The van der Waals surface area contributed by atoms with Gasteiger partial charge in [-0.25, -0.2) is 0 Å². The van der Waals surface area contributed by atoms with Crippen LogP contribution in [0.2, 0.25) is 0 Å². The summed E-state index contributed by atoms with van der Waals surface area (Å²) in [6.45, 7) is 3.93. The Kier molecular flexibility index (Phi) is 9.76. The average molecular weight is 375 g/mol. The van der Waals surface area contributed by atoms with E-state index in [0.717, 1.165) is 25.0 Å². The summed E-state index contributed by atoms with van der Waals surface area (Å²) in [5.74, 6) is -1.72. The summed E-state index contributed by atoms with van der Waals surface area (Å²) in [5.41, 5.74) is 5.15. The van der Waals surface area contributed by atoms with Crippen molar-refractivity contribution in [3.05, 3.63) is 11.8 Å². The van der Waals surface area contributed by atoms with Gasteiger partial charge in [0.25, 0.3) is 0 Å². The van der Waals surface area contributed by atoms with E-state index in [-0.39, 0.29) is 29.1 Å². The van der Waals surface area contributed by atoms with Gasteiger partial charge in [0, 0.05) is 11.7 Å². The molecule has 1 fully saturated rings. The summed E-state index contributed by atoms with van der Waals surface area (Å²) in [4.78, 5) is 33.5. The van der Waals surface area contributed by atoms with Gasteiger partial charge >= 0.3 is 5.97 Å². The van der Waals surface area contributed by atoms with Crippen LogP contribution in [-0.4, -0.2) is 40.5 Å². The molecule has 1 saturated carbocycles. The van der Waals surface area contributed by atoms with Crippen LogP contribution in [-0.2, 0) is 14.4 Å². The van der Waals surface area contributed by atoms with Crippen LogP contribution in [0.5, 0.6) is 0 Å². The monoisotopic (exact) mass is 375 g/mol. The summed E-state index contributed by atoms with van der Waals surface area (Å²) in [6.07, 6.45) is 4.27. The third-order valence-electron chi connectivity index (χ3n) is 4.01. The standard InChI is InChI=1S/C16H26N2O5S.H3N/c1-16(2)8-10(16)13(19)18-12(15(22)23)6-4-3-5-7-24-9-11(17)14(20)21;/h6,10-11H,3-5,7-9,17H2,1-2H3,(H,18,19)(H,20,21)(H,22,23);1H3/b12-6-;/t10-,11+;/m1./s1. The van der Waals surface area contributed by atoms with Gasteiger partial charge in [-0.05, 0) is 36.9 Å². The van der Waals surface area contributed by atoms with E-state index in [0.29, 0.717) is 12.2 Å². The lowest BCUT2D eigenvalue weighted by Crippen LogP contribution is -2.36. The van der Waals surface area contributed by atoms with E-state index < -0.39 is 18.0 Å². The summed E-state index contributed by atoms with van der Waals surface area (Å²) < 4.78 is 0. The molecule has 0 radical (unpaired) electrons. The minimum atomic E-state index is -1.39. The Morgan fingerprint density at radius 3 is 2.48 bits per heavy atom. The zero-order valence-electron chi connectivity index (χ0n) is 15.0. The van der Waals surface area contributed by atoms with Crippen molar-refractivity contribution in [3.8, 4) is 0 Å². The number of amides is 1. The maximum absolute atomic E-state index is 11.9. The molecule has 1 amide bonds. The number of carboxylic acids is 2. The molecule has 9 heteroatoms. The van der Waals surface area contributed by atoms with Gasteiger partial charge < -0.3 is 32.2 Å². The highest BCUT2D eigenvalue weighted by Gasteiger charge is 2.50. The number of hydrogen-bond acceptors (Lipinski definition) is 6. The fraction of sp³-hybridized carbons (Fsp3) is 0.688. The Morgan fingerprint density at radius 2 is 2.00 bits per heavy atom. The lowest BCUT2D eigenvalue weighted by molar-refractivity contribution is -0.299. The van der Waals surface area contributed by atoms with E-state index in [1.165, 1.54) is 17.8 Å². The number of quaternary nitrogens is 1. The van der Waals surface area contributed by atoms with E-state index in [9.17, 15) is 19.5 Å². The smallest absolute Gasteiger partial charge is 0.321 e. The molecule has 0 unspecified atom stereocenters. The molecule has 0 aromatic heterocycles. The van der Waals surface area contributed by atoms with Crippen LogP contribution in [0.3, 0.4) is 0 Å². The number of carbonyl (C=O) groups is 3. The lowest BCUT2D eigenvalue weighted by atomic mass is 10.1. The summed E-state index contributed by atoms with van der Waals surface area (Å²) in [6, 6.07) is -0.860. The largest absolute Gasteiger partial charge is 0.543 e. The highest BCUT2D eigenvalue weighted by Crippen LogP contribution is 2.51. The molecule has 8 nitrogen and oxygen atoms in total. The number of carbonyl (C=O) groups excluding carboxylic acids is 2. The van der Waals surface area contributed by atoms with Crippen LogP contribution >= 0.6 is 11.8 Å². The number of allylic oxidation sites excluding steroid dienone is 1. The third-order valence-corrected chi connectivity index (χ3v) is 5.19. The molecule has 0 saturated heterocycles. The second kappa shape index (κ2) is 10.4. The fourth-order valence-electron chi connectivity index (χ4n) is 2.20. The molecule has 0 aromatic carbocycles. The Bertz CT molecular complexity index is 522. The van der Waals surface area contributed by atoms with E-state index in [4.69, 9.17) is 10.8 Å². The Morgan fingerprint density at radius 1 is 1.40 bits per heavy atom. The molecule has 1 aliphatic rings. The number of hydrogen-bond donors (Lipinski definition) is 4. The number of nitrogens with two attached hydrogens (primary N) is 1. The topological polar surface area (TPSA) is 169 Å². The van der Waals surface area contributed by atoms with E-state index in [2.05, 4.69) is 5.32 Å². The molecule has 144 valence electrons. The molecule has 2 atom stereocenters.